The van der Waals surface area contributed by atoms with Crippen LogP contribution in [0.2, 0.25) is 0 Å². The van der Waals surface area contributed by atoms with Crippen LogP contribution in [-0.4, -0.2) is 105 Å². The summed E-state index contributed by atoms with van der Waals surface area (Å²) < 4.78 is 85.1. The van der Waals surface area contributed by atoms with Gasteiger partial charge in [0, 0.05) is 52.5 Å². The van der Waals surface area contributed by atoms with E-state index < -0.39 is 23.8 Å². The topological polar surface area (TPSA) is 191 Å². The molecule has 3 radical (unpaired) electrons. The molecule has 2 fully saturated rings. The van der Waals surface area contributed by atoms with Crippen LogP contribution in [0.4, 0.5) is 26.3 Å². The minimum Gasteiger partial charge on any atom is -0.528 e. The fourth-order valence-electron chi connectivity index (χ4n) is 7.34. The summed E-state index contributed by atoms with van der Waals surface area (Å²) in [6.45, 7) is 8.70. The summed E-state index contributed by atoms with van der Waals surface area (Å²) in [5.41, 5.74) is 7.13. The Morgan fingerprint density at radius 3 is 1.55 bits per heavy atom. The van der Waals surface area contributed by atoms with E-state index in [2.05, 4.69) is 34.8 Å². The molecule has 2 aromatic heterocycles. The number of hydrogen-bond donors (Lipinski definition) is 1. The van der Waals surface area contributed by atoms with Gasteiger partial charge in [-0.25, -0.2) is 36.3 Å². The second kappa shape index (κ2) is 30.2. The molecule has 21 heteroatoms. The molecule has 2 unspecified atom stereocenters. The van der Waals surface area contributed by atoms with Crippen molar-refractivity contribution in [3.05, 3.63) is 156 Å². The maximum Gasteiger partial charge on any atom is 1.00 e. The zero-order valence-electron chi connectivity index (χ0n) is 40.4. The number of benzene rings is 4. The van der Waals surface area contributed by atoms with Crippen LogP contribution in [0.5, 0.6) is 0 Å². The van der Waals surface area contributed by atoms with E-state index in [1.54, 1.807) is 54.2 Å². The van der Waals surface area contributed by atoms with E-state index in [4.69, 9.17) is 0 Å². The van der Waals surface area contributed by atoms with Crippen molar-refractivity contribution < 1.29 is 90.8 Å². The summed E-state index contributed by atoms with van der Waals surface area (Å²) in [6.07, 6.45) is 7.39. The molecule has 4 heterocycles. The number of nitrogens with one attached hydrogen (secondary N) is 1. The van der Waals surface area contributed by atoms with Crippen molar-refractivity contribution in [3.8, 4) is 22.3 Å². The molecule has 13 nitrogen and oxygen atoms in total. The molecular formula is C50H57BF6N6NaO7. The van der Waals surface area contributed by atoms with Crippen molar-refractivity contribution in [3.63, 3.8) is 0 Å². The molecule has 0 bridgehead atoms. The van der Waals surface area contributed by atoms with Gasteiger partial charge in [0.1, 0.15) is 17.3 Å². The molecule has 375 valence electrons. The Morgan fingerprint density at radius 1 is 0.718 bits per heavy atom. The first-order valence-electron chi connectivity index (χ1n) is 21.5. The molecule has 4 aromatic carbocycles. The fraction of sp³-hybridized carbons (Fsp3) is 0.320. The summed E-state index contributed by atoms with van der Waals surface area (Å²) in [5.74, 6) is -6.67. The number of aromatic nitrogens is 4. The number of halogens is 6. The predicted molar refractivity (Wildman–Crippen MR) is 255 cm³/mol. The maximum absolute atomic E-state index is 13.5. The SMILES string of the molecule is CC(=O)OC(C)=O.CC(c1ccccc1-c1ccc(F)cc1)n1cncc1C=O.CC(c1ccccc1-c1ccc(F)cc1)n1cncc1CN1CCC(F)(F)C1.FC1(F)CCNC1.O.O.[B-]C(C)=O.[Na+]. The van der Waals surface area contributed by atoms with E-state index >= 15 is 0 Å². The molecule has 0 spiro atoms. The van der Waals surface area contributed by atoms with Gasteiger partial charge < -0.3 is 42.8 Å². The van der Waals surface area contributed by atoms with Gasteiger partial charge in [-0.05, 0) is 71.5 Å². The van der Waals surface area contributed by atoms with Gasteiger partial charge in [0.25, 0.3) is 11.8 Å². The third-order valence-electron chi connectivity index (χ3n) is 10.5. The zero-order valence-corrected chi connectivity index (χ0v) is 42.4. The average Bonchev–Trinajstić information content (AvgIpc) is 4.12. The number of ether oxygens (including phenoxy) is 1. The number of nitrogens with zero attached hydrogens (tertiary/aromatic N) is 5. The summed E-state index contributed by atoms with van der Waals surface area (Å²) in [4.78, 5) is 50.0. The minimum atomic E-state index is -2.61. The number of carbonyl (C=O) groups excluding carboxylic acids is 4. The van der Waals surface area contributed by atoms with Crippen LogP contribution in [-0.2, 0) is 25.7 Å². The van der Waals surface area contributed by atoms with Gasteiger partial charge in [-0.2, -0.15) is 0 Å². The van der Waals surface area contributed by atoms with Crippen LogP contribution in [0.3, 0.4) is 0 Å². The van der Waals surface area contributed by atoms with Crippen molar-refractivity contribution in [2.75, 3.05) is 26.2 Å². The zero-order chi connectivity index (χ0) is 50.0. The number of hydrogen-bond acceptors (Lipinski definition) is 9. The van der Waals surface area contributed by atoms with Crippen molar-refractivity contribution in [1.82, 2.24) is 29.3 Å². The van der Waals surface area contributed by atoms with Crippen LogP contribution in [0, 0.1) is 11.6 Å². The Balaban J connectivity index is 0.000000518. The Hall–Kier alpha value is -5.74. The molecule has 2 atom stereocenters. The Kier molecular flexibility index (Phi) is 26.9. The van der Waals surface area contributed by atoms with Gasteiger partial charge in [0.05, 0.1) is 49.7 Å². The molecule has 5 N–H and O–H groups in total. The molecule has 2 aliphatic heterocycles. The van der Waals surface area contributed by atoms with Crippen LogP contribution >= 0.6 is 0 Å². The Bertz CT molecular complexity index is 2560. The number of rotatable bonds is 9. The molecule has 2 saturated heterocycles. The number of aldehydes is 1. The maximum atomic E-state index is 13.5. The fourth-order valence-corrected chi connectivity index (χ4v) is 7.34. The summed E-state index contributed by atoms with van der Waals surface area (Å²) in [6, 6.07) is 28.6. The second-order valence-corrected chi connectivity index (χ2v) is 16.0. The van der Waals surface area contributed by atoms with Gasteiger partial charge in [0.2, 0.25) is 0 Å². The summed E-state index contributed by atoms with van der Waals surface area (Å²) >= 11 is 0. The minimum absolute atomic E-state index is 0. The van der Waals surface area contributed by atoms with Gasteiger partial charge in [-0.15, -0.1) is 5.68 Å². The van der Waals surface area contributed by atoms with Crippen molar-refractivity contribution >= 4 is 31.8 Å². The number of imidazole rings is 2. The molecule has 0 amide bonds. The molecule has 6 aromatic rings. The third kappa shape index (κ3) is 20.5. The molecule has 8 rings (SSSR count). The van der Waals surface area contributed by atoms with Crippen LogP contribution in [0.1, 0.15) is 86.9 Å². The Morgan fingerprint density at radius 2 is 1.17 bits per heavy atom. The van der Waals surface area contributed by atoms with Crippen LogP contribution in [0.15, 0.2) is 122 Å². The Labute approximate surface area is 432 Å². The largest absolute Gasteiger partial charge is 1.00 e. The molecule has 0 saturated carbocycles. The van der Waals surface area contributed by atoms with E-state index in [0.29, 0.717) is 25.3 Å². The number of alkyl halides is 4. The first-order chi connectivity index (χ1) is 32.2. The molecule has 0 aliphatic carbocycles. The van der Waals surface area contributed by atoms with E-state index in [1.807, 2.05) is 64.6 Å². The first kappa shape index (κ1) is 63.3. The monoisotopic (exact) mass is 1000 g/mol. The van der Waals surface area contributed by atoms with Gasteiger partial charge in [-0.3, -0.25) is 19.3 Å². The third-order valence-corrected chi connectivity index (χ3v) is 10.5. The van der Waals surface area contributed by atoms with E-state index in [9.17, 15) is 45.5 Å². The quantitative estimate of drug-likeness (QED) is 0.0682. The van der Waals surface area contributed by atoms with Crippen LogP contribution < -0.4 is 34.9 Å². The predicted octanol–water partition coefficient (Wildman–Crippen LogP) is 5.02. The van der Waals surface area contributed by atoms with Gasteiger partial charge in [0.15, 0.2) is 6.29 Å². The number of likely N-dealkylation sites (tertiary alicyclic amines) is 1. The van der Waals surface area contributed by atoms with E-state index in [0.717, 1.165) is 45.4 Å². The van der Waals surface area contributed by atoms with E-state index in [-0.39, 0.29) is 95.8 Å². The standard InChI is InChI=1S/C22H22F3N3.C18H15FN2O.C4H7F2N.C4H6O3.C2H3BO.Na.2H2O/c1-16(20-4-2-3-5-21(20)17-6-8-18(23)9-7-17)28-15-26-12-19(28)13-27-11-10-22(24,25)14-27;1-13(21-12-20-10-16(21)11-22)17-4-2-3-5-18(17)14-6-8-15(19)9-7-14;5-4(6)1-2-7-3-4;1-3(5)7-4(2)6;1-2(3)4;;;/h2-9,12,15-16H,10-11,13-14H2,1H3;2-13H,1H3;7H,1-3H2;1-2H3;1H3;;2*1H2/q;;;;-1;+1;;. The first-order valence-corrected chi connectivity index (χ1v) is 21.5. The van der Waals surface area contributed by atoms with E-state index in [1.165, 1.54) is 45.0 Å². The van der Waals surface area contributed by atoms with Crippen molar-refractivity contribution in [1.29, 1.82) is 0 Å². The smallest absolute Gasteiger partial charge is 0.528 e. The molecule has 71 heavy (non-hydrogen) atoms. The number of esters is 2. The summed E-state index contributed by atoms with van der Waals surface area (Å²) in [7, 11) is 4.47. The average molecular weight is 1000 g/mol. The van der Waals surface area contributed by atoms with Crippen LogP contribution in [0.25, 0.3) is 22.3 Å². The van der Waals surface area contributed by atoms with Crippen molar-refractivity contribution in [2.45, 2.75) is 77.9 Å². The molecule has 2 aliphatic rings. The normalized spacial score (nSPS) is 14.6. The molecular weight excluding hydrogens is 944 g/mol. The number of carbonyl (C=O) groups is 4. The summed E-state index contributed by atoms with van der Waals surface area (Å²) in [5, 5.41) is 2.56. The van der Waals surface area contributed by atoms with Crippen molar-refractivity contribution in [2.24, 2.45) is 0 Å². The van der Waals surface area contributed by atoms with Gasteiger partial charge >= 0.3 is 41.5 Å². The second-order valence-electron chi connectivity index (χ2n) is 16.0. The van der Waals surface area contributed by atoms with Gasteiger partial charge in [-0.1, -0.05) is 79.7 Å².